The molecule has 0 saturated heterocycles. The van der Waals surface area contributed by atoms with Crippen molar-refractivity contribution in [2.24, 2.45) is 0 Å². The number of hydrogen-bond acceptors (Lipinski definition) is 4. The molecule has 1 rings (SSSR count). The fourth-order valence-corrected chi connectivity index (χ4v) is 1.88. The van der Waals surface area contributed by atoms with E-state index in [1.54, 1.807) is 0 Å². The van der Waals surface area contributed by atoms with Crippen molar-refractivity contribution in [1.82, 2.24) is 9.78 Å². The zero-order valence-electron chi connectivity index (χ0n) is 12.2. The molecule has 1 aromatic rings. The van der Waals surface area contributed by atoms with Crippen LogP contribution in [0, 0.1) is 6.92 Å². The molecule has 0 saturated carbocycles. The first-order valence-corrected chi connectivity index (χ1v) is 6.63. The van der Waals surface area contributed by atoms with Crippen LogP contribution in [0.2, 0.25) is 0 Å². The van der Waals surface area contributed by atoms with Crippen molar-refractivity contribution in [3.8, 4) is 0 Å². The molecule has 1 aromatic heterocycles. The third-order valence-corrected chi connectivity index (χ3v) is 2.82. The number of nitrogens with two attached hydrogens (primary N) is 1. The number of hydrogen-bond donors (Lipinski definition) is 1. The Morgan fingerprint density at radius 2 is 2.11 bits per heavy atom. The van der Waals surface area contributed by atoms with Crippen molar-refractivity contribution in [2.45, 2.75) is 46.8 Å². The zero-order valence-corrected chi connectivity index (χ0v) is 12.2. The van der Waals surface area contributed by atoms with Crippen molar-refractivity contribution in [2.75, 3.05) is 30.8 Å². The highest BCUT2D eigenvalue weighted by atomic mass is 16.5. The van der Waals surface area contributed by atoms with Crippen LogP contribution in [-0.4, -0.2) is 36.1 Å². The average molecular weight is 254 g/mol. The van der Waals surface area contributed by atoms with Crippen LogP contribution in [0.5, 0.6) is 0 Å². The van der Waals surface area contributed by atoms with E-state index in [9.17, 15) is 0 Å². The molecule has 18 heavy (non-hydrogen) atoms. The van der Waals surface area contributed by atoms with E-state index < -0.39 is 0 Å². The highest BCUT2D eigenvalue weighted by Gasteiger charge is 2.15. The predicted molar refractivity (Wildman–Crippen MR) is 76.0 cm³/mol. The van der Waals surface area contributed by atoms with Gasteiger partial charge in [-0.3, -0.25) is 0 Å². The number of aromatic nitrogens is 2. The number of rotatable bonds is 7. The quantitative estimate of drug-likeness (QED) is 0.809. The second kappa shape index (κ2) is 6.64. The molecule has 2 N–H and O–H groups in total. The summed E-state index contributed by atoms with van der Waals surface area (Å²) in [6.07, 6.45) is 1.31. The number of nitrogens with zero attached hydrogens (tertiary/aromatic N) is 3. The van der Waals surface area contributed by atoms with Crippen LogP contribution >= 0.6 is 0 Å². The van der Waals surface area contributed by atoms with E-state index in [1.807, 2.05) is 32.5 Å². The number of nitrogen functional groups attached to an aromatic ring is 1. The number of ether oxygens (including phenoxy) is 1. The Balaban J connectivity index is 2.73. The summed E-state index contributed by atoms with van der Waals surface area (Å²) in [5.74, 6) is 1.00. The lowest BCUT2D eigenvalue weighted by Crippen LogP contribution is -2.27. The summed E-state index contributed by atoms with van der Waals surface area (Å²) in [4.78, 5) is 2.12. The lowest BCUT2D eigenvalue weighted by Gasteiger charge is -2.21. The highest BCUT2D eigenvalue weighted by Crippen LogP contribution is 2.25. The van der Waals surface area contributed by atoms with Gasteiger partial charge in [0.1, 0.15) is 5.82 Å². The van der Waals surface area contributed by atoms with E-state index in [0.717, 1.165) is 36.7 Å². The van der Waals surface area contributed by atoms with Gasteiger partial charge in [0, 0.05) is 20.1 Å². The van der Waals surface area contributed by atoms with Crippen molar-refractivity contribution < 1.29 is 4.74 Å². The number of likely N-dealkylation sites (N-methyl/N-ethyl adjacent to an activating group) is 1. The molecule has 0 spiro atoms. The van der Waals surface area contributed by atoms with Gasteiger partial charge < -0.3 is 15.4 Å². The predicted octanol–water partition coefficient (Wildman–Crippen LogP) is 2.04. The molecule has 104 valence electrons. The maximum absolute atomic E-state index is 6.10. The van der Waals surface area contributed by atoms with E-state index in [-0.39, 0.29) is 6.10 Å². The van der Waals surface area contributed by atoms with Crippen LogP contribution in [-0.2, 0) is 11.3 Å². The molecule has 0 fully saturated rings. The molecular weight excluding hydrogens is 228 g/mol. The lowest BCUT2D eigenvalue weighted by molar-refractivity contribution is 0.0845. The zero-order chi connectivity index (χ0) is 13.7. The Morgan fingerprint density at radius 3 is 2.67 bits per heavy atom. The van der Waals surface area contributed by atoms with Crippen LogP contribution in [0.15, 0.2) is 0 Å². The van der Waals surface area contributed by atoms with Crippen LogP contribution in [0.4, 0.5) is 11.5 Å². The fourth-order valence-electron chi connectivity index (χ4n) is 1.88. The van der Waals surface area contributed by atoms with Gasteiger partial charge in [0.05, 0.1) is 24.1 Å². The van der Waals surface area contributed by atoms with Gasteiger partial charge in [-0.2, -0.15) is 5.10 Å². The van der Waals surface area contributed by atoms with Gasteiger partial charge in [-0.15, -0.1) is 0 Å². The molecule has 0 aliphatic rings. The summed E-state index contributed by atoms with van der Waals surface area (Å²) in [6, 6.07) is 0. The Hall–Kier alpha value is -1.23. The molecule has 0 amide bonds. The van der Waals surface area contributed by atoms with E-state index in [2.05, 4.69) is 16.9 Å². The van der Waals surface area contributed by atoms with E-state index >= 15 is 0 Å². The summed E-state index contributed by atoms with van der Waals surface area (Å²) in [7, 11) is 2.03. The first kappa shape index (κ1) is 14.8. The van der Waals surface area contributed by atoms with Crippen molar-refractivity contribution in [1.29, 1.82) is 0 Å². The first-order valence-electron chi connectivity index (χ1n) is 6.63. The molecule has 0 atom stereocenters. The summed E-state index contributed by atoms with van der Waals surface area (Å²) >= 11 is 0. The molecule has 0 unspecified atom stereocenters. The topological polar surface area (TPSA) is 56.3 Å². The van der Waals surface area contributed by atoms with Gasteiger partial charge in [-0.1, -0.05) is 6.92 Å². The third kappa shape index (κ3) is 3.63. The third-order valence-electron chi connectivity index (χ3n) is 2.82. The second-order valence-electron chi connectivity index (χ2n) is 4.89. The van der Waals surface area contributed by atoms with Crippen LogP contribution in [0.1, 0.15) is 32.9 Å². The summed E-state index contributed by atoms with van der Waals surface area (Å²) in [5, 5.41) is 4.47. The molecule has 5 nitrogen and oxygen atoms in total. The standard InChI is InChI=1S/C13H26N4O/c1-6-7-17-13(12(14)11(4)15-17)16(5)8-9-18-10(2)3/h10H,6-9,14H2,1-5H3. The summed E-state index contributed by atoms with van der Waals surface area (Å²) in [6.45, 7) is 10.6. The van der Waals surface area contributed by atoms with Crippen molar-refractivity contribution >= 4 is 11.5 Å². The maximum atomic E-state index is 6.10. The van der Waals surface area contributed by atoms with Crippen molar-refractivity contribution in [3.05, 3.63) is 5.69 Å². The Morgan fingerprint density at radius 1 is 1.44 bits per heavy atom. The fraction of sp³-hybridized carbons (Fsp3) is 0.769. The molecule has 0 radical (unpaired) electrons. The van der Waals surface area contributed by atoms with Gasteiger partial charge >= 0.3 is 0 Å². The molecule has 5 heteroatoms. The summed E-state index contributed by atoms with van der Waals surface area (Å²) in [5.41, 5.74) is 7.77. The Bertz CT molecular complexity index is 373. The van der Waals surface area contributed by atoms with E-state index in [1.165, 1.54) is 0 Å². The van der Waals surface area contributed by atoms with Crippen LogP contribution in [0.3, 0.4) is 0 Å². The highest BCUT2D eigenvalue weighted by molar-refractivity contribution is 5.65. The van der Waals surface area contributed by atoms with E-state index in [4.69, 9.17) is 10.5 Å². The number of aryl methyl sites for hydroxylation is 2. The SMILES string of the molecule is CCCn1nc(C)c(N)c1N(C)CCOC(C)C. The van der Waals surface area contributed by atoms with E-state index in [0.29, 0.717) is 6.61 Å². The Labute approximate surface area is 110 Å². The molecule has 0 aromatic carbocycles. The van der Waals surface area contributed by atoms with Gasteiger partial charge in [0.25, 0.3) is 0 Å². The molecule has 0 aliphatic carbocycles. The molecule has 0 aliphatic heterocycles. The largest absolute Gasteiger partial charge is 0.394 e. The van der Waals surface area contributed by atoms with Gasteiger partial charge in [-0.05, 0) is 27.2 Å². The van der Waals surface area contributed by atoms with Gasteiger partial charge in [0.15, 0.2) is 0 Å². The maximum Gasteiger partial charge on any atom is 0.150 e. The number of anilines is 2. The normalized spacial score (nSPS) is 11.2. The minimum absolute atomic E-state index is 0.262. The average Bonchev–Trinajstić information content (AvgIpc) is 2.54. The molecule has 0 bridgehead atoms. The molecule has 1 heterocycles. The van der Waals surface area contributed by atoms with Gasteiger partial charge in [-0.25, -0.2) is 4.68 Å². The van der Waals surface area contributed by atoms with Gasteiger partial charge in [0.2, 0.25) is 0 Å². The smallest absolute Gasteiger partial charge is 0.150 e. The minimum atomic E-state index is 0.262. The monoisotopic (exact) mass is 254 g/mol. The summed E-state index contributed by atoms with van der Waals surface area (Å²) < 4.78 is 7.55. The van der Waals surface area contributed by atoms with Crippen LogP contribution < -0.4 is 10.6 Å². The second-order valence-corrected chi connectivity index (χ2v) is 4.89. The lowest BCUT2D eigenvalue weighted by atomic mass is 10.3. The Kier molecular flexibility index (Phi) is 5.47. The van der Waals surface area contributed by atoms with Crippen LogP contribution in [0.25, 0.3) is 0 Å². The first-order chi connectivity index (χ1) is 8.47. The van der Waals surface area contributed by atoms with Crippen molar-refractivity contribution in [3.63, 3.8) is 0 Å². The molecular formula is C13H26N4O. The minimum Gasteiger partial charge on any atom is -0.394 e.